The second-order valence-electron chi connectivity index (χ2n) is 3.99. The van der Waals surface area contributed by atoms with Gasteiger partial charge in [0.05, 0.1) is 11.4 Å². The van der Waals surface area contributed by atoms with Crippen molar-refractivity contribution in [3.63, 3.8) is 0 Å². The number of rotatable bonds is 4. The van der Waals surface area contributed by atoms with E-state index in [-0.39, 0.29) is 11.4 Å². The van der Waals surface area contributed by atoms with Crippen LogP contribution in [0.3, 0.4) is 0 Å². The maximum absolute atomic E-state index is 12.1. The lowest BCUT2D eigenvalue weighted by atomic mass is 10.2. The fraction of sp³-hybridized carbons (Fsp3) is 0.273. The number of sulfonamides is 1. The first-order chi connectivity index (χ1) is 8.88. The Labute approximate surface area is 119 Å². The maximum atomic E-state index is 12.1. The lowest BCUT2D eigenvalue weighted by Crippen LogP contribution is -2.24. The van der Waals surface area contributed by atoms with Gasteiger partial charge in [-0.15, -0.1) is 0 Å². The van der Waals surface area contributed by atoms with E-state index in [1.807, 2.05) is 6.92 Å². The van der Waals surface area contributed by atoms with Crippen LogP contribution in [0.2, 0.25) is 0 Å². The van der Waals surface area contributed by atoms with E-state index in [1.54, 1.807) is 25.1 Å². The third-order valence-electron chi connectivity index (χ3n) is 2.37. The number of hydrogen-bond donors (Lipinski definition) is 1. The van der Waals surface area contributed by atoms with Gasteiger partial charge in [0.2, 0.25) is 15.9 Å². The lowest BCUT2D eigenvalue weighted by Gasteiger charge is -2.07. The number of nitrogens with one attached hydrogen (secondary N) is 1. The van der Waals surface area contributed by atoms with Crippen LogP contribution in [-0.4, -0.2) is 18.6 Å². The molecule has 19 heavy (non-hydrogen) atoms. The summed E-state index contributed by atoms with van der Waals surface area (Å²) in [6.07, 6.45) is 0. The Morgan fingerprint density at radius 2 is 2.11 bits per heavy atom. The molecule has 0 spiro atoms. The van der Waals surface area contributed by atoms with Gasteiger partial charge in [-0.3, -0.25) is 0 Å². The molecule has 1 aromatic heterocycles. The molecule has 1 aromatic carbocycles. The Morgan fingerprint density at radius 3 is 2.68 bits per heavy atom. The average molecular weight is 346 g/mol. The van der Waals surface area contributed by atoms with Crippen LogP contribution in [0.25, 0.3) is 0 Å². The fourth-order valence-electron chi connectivity index (χ4n) is 1.47. The molecule has 0 amide bonds. The molecule has 1 N–H and O–H groups in total. The molecule has 1 heterocycles. The second kappa shape index (κ2) is 5.40. The van der Waals surface area contributed by atoms with Crippen LogP contribution in [-0.2, 0) is 16.6 Å². The Bertz CT molecular complexity index is 697. The predicted octanol–water partition coefficient (Wildman–Crippen LogP) is 1.93. The third-order valence-corrected chi connectivity index (χ3v) is 4.74. The molecule has 0 radical (unpaired) electrons. The van der Waals surface area contributed by atoms with Gasteiger partial charge in [-0.05, 0) is 40.5 Å². The highest BCUT2D eigenvalue weighted by Crippen LogP contribution is 2.22. The Balaban J connectivity index is 2.18. The number of aromatic nitrogens is 2. The number of aryl methyl sites for hydroxylation is 2. The molecule has 0 saturated heterocycles. The number of benzene rings is 1. The zero-order valence-corrected chi connectivity index (χ0v) is 12.7. The van der Waals surface area contributed by atoms with Crippen molar-refractivity contribution >= 4 is 26.0 Å². The summed E-state index contributed by atoms with van der Waals surface area (Å²) < 4.78 is 31.9. The molecule has 8 heteroatoms. The van der Waals surface area contributed by atoms with Crippen LogP contribution < -0.4 is 4.72 Å². The zero-order chi connectivity index (χ0) is 14.0. The Kier molecular flexibility index (Phi) is 4.02. The molecule has 0 unspecified atom stereocenters. The summed E-state index contributed by atoms with van der Waals surface area (Å²) in [5.74, 6) is 0.690. The van der Waals surface area contributed by atoms with Gasteiger partial charge >= 0.3 is 0 Å². The molecule has 0 saturated carbocycles. The van der Waals surface area contributed by atoms with E-state index < -0.39 is 10.0 Å². The van der Waals surface area contributed by atoms with Crippen molar-refractivity contribution in [2.45, 2.75) is 25.3 Å². The summed E-state index contributed by atoms with van der Waals surface area (Å²) in [6.45, 7) is 3.51. The van der Waals surface area contributed by atoms with Gasteiger partial charge in [-0.1, -0.05) is 11.2 Å². The second-order valence-corrected chi connectivity index (χ2v) is 6.58. The first kappa shape index (κ1) is 14.2. The van der Waals surface area contributed by atoms with Crippen molar-refractivity contribution in [1.82, 2.24) is 14.9 Å². The molecule has 2 rings (SSSR count). The summed E-state index contributed by atoms with van der Waals surface area (Å²) in [6, 6.07) is 5.02. The summed E-state index contributed by atoms with van der Waals surface area (Å²) in [7, 11) is -3.62. The quantitative estimate of drug-likeness (QED) is 0.914. The SMILES string of the molecule is Cc1ccc(S(=O)(=O)NCc2noc(C)n2)c(Br)c1. The Morgan fingerprint density at radius 1 is 1.37 bits per heavy atom. The van der Waals surface area contributed by atoms with Crippen LogP contribution in [0, 0.1) is 13.8 Å². The van der Waals surface area contributed by atoms with Gasteiger partial charge in [-0.2, -0.15) is 4.98 Å². The highest BCUT2D eigenvalue weighted by atomic mass is 79.9. The first-order valence-electron chi connectivity index (χ1n) is 5.43. The van der Waals surface area contributed by atoms with E-state index in [9.17, 15) is 8.42 Å². The minimum absolute atomic E-state index is 0.0139. The normalized spacial score (nSPS) is 11.7. The zero-order valence-electron chi connectivity index (χ0n) is 10.3. The molecular weight excluding hydrogens is 334 g/mol. The highest BCUT2D eigenvalue weighted by molar-refractivity contribution is 9.10. The van der Waals surface area contributed by atoms with Gasteiger partial charge in [0, 0.05) is 11.4 Å². The minimum Gasteiger partial charge on any atom is -0.340 e. The van der Waals surface area contributed by atoms with Crippen LogP contribution >= 0.6 is 15.9 Å². The first-order valence-corrected chi connectivity index (χ1v) is 7.71. The van der Waals surface area contributed by atoms with E-state index in [4.69, 9.17) is 4.52 Å². The molecule has 0 atom stereocenters. The highest BCUT2D eigenvalue weighted by Gasteiger charge is 2.18. The molecule has 0 aliphatic carbocycles. The van der Waals surface area contributed by atoms with Gasteiger partial charge < -0.3 is 4.52 Å². The molecule has 0 aliphatic heterocycles. The third kappa shape index (κ3) is 3.40. The molecule has 102 valence electrons. The molecule has 0 fully saturated rings. The van der Waals surface area contributed by atoms with Gasteiger partial charge in [0.1, 0.15) is 0 Å². The standard InChI is InChI=1S/C11H12BrN3O3S/c1-7-3-4-10(9(12)5-7)19(16,17)13-6-11-14-8(2)18-15-11/h3-5,13H,6H2,1-2H3. The van der Waals surface area contributed by atoms with Crippen molar-refractivity contribution < 1.29 is 12.9 Å². The summed E-state index contributed by atoms with van der Waals surface area (Å²) in [4.78, 5) is 4.11. The summed E-state index contributed by atoms with van der Waals surface area (Å²) in [5, 5.41) is 3.62. The molecule has 6 nitrogen and oxygen atoms in total. The van der Waals surface area contributed by atoms with Crippen molar-refractivity contribution in [2.24, 2.45) is 0 Å². The van der Waals surface area contributed by atoms with Crippen molar-refractivity contribution in [3.05, 3.63) is 40.0 Å². The van der Waals surface area contributed by atoms with Crippen LogP contribution in [0.1, 0.15) is 17.3 Å². The predicted molar refractivity (Wildman–Crippen MR) is 71.9 cm³/mol. The van der Waals surface area contributed by atoms with E-state index in [0.29, 0.717) is 16.2 Å². The average Bonchev–Trinajstić information content (AvgIpc) is 2.72. The number of hydrogen-bond acceptors (Lipinski definition) is 5. The smallest absolute Gasteiger partial charge is 0.242 e. The lowest BCUT2D eigenvalue weighted by molar-refractivity contribution is 0.387. The molecular formula is C11H12BrN3O3S. The number of halogens is 1. The molecule has 2 aromatic rings. The van der Waals surface area contributed by atoms with E-state index in [2.05, 4.69) is 30.8 Å². The topological polar surface area (TPSA) is 85.1 Å². The van der Waals surface area contributed by atoms with Crippen molar-refractivity contribution in [1.29, 1.82) is 0 Å². The Hall–Kier alpha value is -1.25. The van der Waals surface area contributed by atoms with Crippen LogP contribution in [0.5, 0.6) is 0 Å². The largest absolute Gasteiger partial charge is 0.340 e. The maximum Gasteiger partial charge on any atom is 0.242 e. The van der Waals surface area contributed by atoms with Crippen LogP contribution in [0.15, 0.2) is 32.1 Å². The van der Waals surface area contributed by atoms with E-state index >= 15 is 0 Å². The number of nitrogens with zero attached hydrogens (tertiary/aromatic N) is 2. The van der Waals surface area contributed by atoms with Gasteiger partial charge in [0.25, 0.3) is 0 Å². The van der Waals surface area contributed by atoms with E-state index in [1.165, 1.54) is 0 Å². The van der Waals surface area contributed by atoms with Gasteiger partial charge in [-0.25, -0.2) is 13.1 Å². The summed E-state index contributed by atoms with van der Waals surface area (Å²) >= 11 is 3.24. The monoisotopic (exact) mass is 345 g/mol. The van der Waals surface area contributed by atoms with Crippen molar-refractivity contribution in [2.75, 3.05) is 0 Å². The summed E-state index contributed by atoms with van der Waals surface area (Å²) in [5.41, 5.74) is 0.972. The van der Waals surface area contributed by atoms with Crippen molar-refractivity contribution in [3.8, 4) is 0 Å². The van der Waals surface area contributed by atoms with Crippen LogP contribution in [0.4, 0.5) is 0 Å². The minimum atomic E-state index is -3.62. The molecule has 0 aliphatic rings. The fourth-order valence-corrected chi connectivity index (χ4v) is 3.64. The van der Waals surface area contributed by atoms with Gasteiger partial charge in [0.15, 0.2) is 5.82 Å². The van der Waals surface area contributed by atoms with E-state index in [0.717, 1.165) is 5.56 Å². The molecule has 0 bridgehead atoms.